The smallest absolute Gasteiger partial charge is 0.338 e. The third-order valence-corrected chi connectivity index (χ3v) is 5.25. The monoisotopic (exact) mass is 352 g/mol. The Kier molecular flexibility index (Phi) is 3.50. The van der Waals surface area contributed by atoms with Gasteiger partial charge in [0.15, 0.2) is 11.6 Å². The van der Waals surface area contributed by atoms with Gasteiger partial charge in [0.05, 0.1) is 5.41 Å². The summed E-state index contributed by atoms with van der Waals surface area (Å²) in [5.41, 5.74) is -5.44. The number of phenols is 1. The fourth-order valence-electron chi connectivity index (χ4n) is 3.55. The number of allylic oxidation sites excluding steroid dienone is 1. The quantitative estimate of drug-likeness (QED) is 0.781. The van der Waals surface area contributed by atoms with Gasteiger partial charge in [-0.05, 0) is 37.8 Å². The molecule has 3 aliphatic rings. The van der Waals surface area contributed by atoms with Gasteiger partial charge in [0.2, 0.25) is 5.82 Å². The molecule has 4 rings (SSSR count). The summed E-state index contributed by atoms with van der Waals surface area (Å²) in [7, 11) is 0. The van der Waals surface area contributed by atoms with Gasteiger partial charge in [-0.3, -0.25) is 0 Å². The molecule has 0 saturated heterocycles. The first-order valence-corrected chi connectivity index (χ1v) is 7.32. The highest BCUT2D eigenvalue weighted by molar-refractivity contribution is 5.53. The highest BCUT2D eigenvalue weighted by Crippen LogP contribution is 2.67. The van der Waals surface area contributed by atoms with Crippen molar-refractivity contribution in [1.29, 1.82) is 0 Å². The van der Waals surface area contributed by atoms with E-state index in [1.54, 1.807) is 0 Å². The van der Waals surface area contributed by atoms with E-state index in [9.17, 15) is 31.4 Å². The van der Waals surface area contributed by atoms with E-state index in [0.717, 1.165) is 24.3 Å². The Balaban J connectivity index is 2.02. The van der Waals surface area contributed by atoms with Crippen molar-refractivity contribution in [2.75, 3.05) is 0 Å². The number of hydrogen-bond donors (Lipinski definition) is 2. The van der Waals surface area contributed by atoms with Crippen LogP contribution in [0.1, 0.15) is 31.2 Å². The van der Waals surface area contributed by atoms with Crippen LogP contribution in [0, 0.1) is 17.0 Å². The molecule has 0 aliphatic heterocycles. The number of aliphatic hydroxyl groups is 1. The Morgan fingerprint density at radius 2 is 1.46 bits per heavy atom. The lowest BCUT2D eigenvalue weighted by Crippen LogP contribution is -2.72. The molecule has 0 atom stereocenters. The van der Waals surface area contributed by atoms with Crippen molar-refractivity contribution in [3.05, 3.63) is 35.4 Å². The second kappa shape index (κ2) is 4.91. The van der Waals surface area contributed by atoms with Gasteiger partial charge in [-0.2, -0.15) is 22.0 Å². The van der Waals surface area contributed by atoms with Crippen LogP contribution >= 0.6 is 0 Å². The maximum atomic E-state index is 14.4. The molecule has 2 nitrogen and oxygen atoms in total. The van der Waals surface area contributed by atoms with Crippen molar-refractivity contribution >= 4 is 6.08 Å². The van der Waals surface area contributed by atoms with Crippen molar-refractivity contribution in [1.82, 2.24) is 0 Å². The van der Waals surface area contributed by atoms with Gasteiger partial charge in [0.1, 0.15) is 5.60 Å². The molecule has 132 valence electrons. The molecule has 2 bridgehead atoms. The molecule has 0 spiro atoms. The molecule has 3 fully saturated rings. The third-order valence-electron chi connectivity index (χ3n) is 5.25. The number of fused-ring (bicyclic) bond motifs is 3. The minimum Gasteiger partial charge on any atom is -0.505 e. The van der Waals surface area contributed by atoms with Gasteiger partial charge in [-0.1, -0.05) is 12.2 Å². The van der Waals surface area contributed by atoms with Crippen LogP contribution < -0.4 is 0 Å². The number of hydrogen-bond acceptors (Lipinski definition) is 2. The molecule has 8 heteroatoms. The van der Waals surface area contributed by atoms with E-state index in [-0.39, 0.29) is 0 Å². The number of benzene rings is 1. The zero-order valence-corrected chi connectivity index (χ0v) is 12.3. The Labute approximate surface area is 133 Å². The van der Waals surface area contributed by atoms with Crippen LogP contribution in [0.25, 0.3) is 6.08 Å². The lowest BCUT2D eigenvalue weighted by molar-refractivity contribution is -0.372. The van der Waals surface area contributed by atoms with Crippen LogP contribution in [0.3, 0.4) is 0 Å². The average Bonchev–Trinajstić information content (AvgIpc) is 2.52. The van der Waals surface area contributed by atoms with E-state index < -0.39 is 71.5 Å². The van der Waals surface area contributed by atoms with Crippen molar-refractivity contribution in [2.45, 2.75) is 43.1 Å². The predicted octanol–water partition coefficient (Wildman–Crippen LogP) is 4.26. The predicted molar refractivity (Wildman–Crippen MR) is 72.8 cm³/mol. The summed E-state index contributed by atoms with van der Waals surface area (Å²) in [4.78, 5) is 0. The Morgan fingerprint density at radius 3 is 2.04 bits per heavy atom. The minimum atomic E-state index is -4.61. The van der Waals surface area contributed by atoms with E-state index >= 15 is 0 Å². The van der Waals surface area contributed by atoms with Gasteiger partial charge >= 0.3 is 11.8 Å². The Morgan fingerprint density at radius 1 is 0.875 bits per heavy atom. The van der Waals surface area contributed by atoms with Gasteiger partial charge in [-0.15, -0.1) is 0 Å². The van der Waals surface area contributed by atoms with E-state index in [0.29, 0.717) is 0 Å². The fourth-order valence-corrected chi connectivity index (χ4v) is 3.55. The maximum absolute atomic E-state index is 14.4. The first-order valence-electron chi connectivity index (χ1n) is 7.32. The first kappa shape index (κ1) is 17.1. The fraction of sp³-hybridized carbons (Fsp3) is 0.500. The van der Waals surface area contributed by atoms with Crippen LogP contribution in [0.4, 0.5) is 26.3 Å². The Bertz CT molecular complexity index is 705. The number of phenolic OH excluding ortho intramolecular Hbond substituents is 1. The largest absolute Gasteiger partial charge is 0.505 e. The molecule has 0 amide bonds. The second-order valence-electron chi connectivity index (χ2n) is 6.47. The lowest BCUT2D eigenvalue weighted by Gasteiger charge is -2.58. The van der Waals surface area contributed by atoms with Crippen molar-refractivity contribution in [2.24, 2.45) is 5.41 Å². The molecule has 0 unspecified atom stereocenters. The molecule has 3 saturated carbocycles. The zero-order valence-electron chi connectivity index (χ0n) is 12.3. The summed E-state index contributed by atoms with van der Waals surface area (Å²) in [5.74, 6) is -13.1. The van der Waals surface area contributed by atoms with Crippen molar-refractivity contribution in [3.63, 3.8) is 0 Å². The molecule has 24 heavy (non-hydrogen) atoms. The molecule has 1 aromatic rings. The van der Waals surface area contributed by atoms with Crippen LogP contribution in [-0.4, -0.2) is 27.7 Å². The van der Waals surface area contributed by atoms with Crippen molar-refractivity contribution < 1.29 is 36.6 Å². The lowest BCUT2D eigenvalue weighted by atomic mass is 9.54. The highest BCUT2D eigenvalue weighted by Gasteiger charge is 2.80. The van der Waals surface area contributed by atoms with Crippen LogP contribution in [0.2, 0.25) is 0 Å². The molecule has 2 N–H and O–H groups in total. The summed E-state index contributed by atoms with van der Waals surface area (Å²) >= 11 is 0. The zero-order chi connectivity index (χ0) is 18.0. The summed E-state index contributed by atoms with van der Waals surface area (Å²) in [6, 6.07) is 1.79. The number of halogens is 6. The van der Waals surface area contributed by atoms with Gasteiger partial charge in [0.25, 0.3) is 0 Å². The van der Waals surface area contributed by atoms with Crippen LogP contribution in [0.15, 0.2) is 18.2 Å². The van der Waals surface area contributed by atoms with E-state index in [1.165, 1.54) is 0 Å². The van der Waals surface area contributed by atoms with Crippen molar-refractivity contribution in [3.8, 4) is 5.75 Å². The number of aromatic hydroxyl groups is 1. The molecule has 0 radical (unpaired) electrons. The van der Waals surface area contributed by atoms with Gasteiger partial charge < -0.3 is 10.2 Å². The molecule has 3 aliphatic carbocycles. The van der Waals surface area contributed by atoms with Gasteiger partial charge in [0, 0.05) is 5.56 Å². The molecule has 0 aromatic heterocycles. The summed E-state index contributed by atoms with van der Waals surface area (Å²) < 4.78 is 83.8. The van der Waals surface area contributed by atoms with Crippen LogP contribution in [-0.2, 0) is 0 Å². The topological polar surface area (TPSA) is 40.5 Å². The Hall–Kier alpha value is -1.70. The van der Waals surface area contributed by atoms with Gasteiger partial charge in [-0.25, -0.2) is 4.39 Å². The number of alkyl halides is 4. The number of rotatable bonds is 2. The first-order chi connectivity index (χ1) is 11.0. The summed E-state index contributed by atoms with van der Waals surface area (Å²) in [6.45, 7) is 0. The molecule has 1 aromatic carbocycles. The molecular weight excluding hydrogens is 338 g/mol. The molecule has 0 heterocycles. The second-order valence-corrected chi connectivity index (χ2v) is 6.47. The maximum Gasteiger partial charge on any atom is 0.338 e. The normalized spacial score (nSPS) is 34.0. The third kappa shape index (κ3) is 1.95. The van der Waals surface area contributed by atoms with Crippen LogP contribution in [0.5, 0.6) is 5.75 Å². The van der Waals surface area contributed by atoms with E-state index in [1.807, 2.05) is 0 Å². The van der Waals surface area contributed by atoms with E-state index in [2.05, 4.69) is 0 Å². The average molecular weight is 352 g/mol. The summed E-state index contributed by atoms with van der Waals surface area (Å²) in [5, 5.41) is 18.8. The highest BCUT2D eigenvalue weighted by atomic mass is 19.3. The summed E-state index contributed by atoms with van der Waals surface area (Å²) in [6.07, 6.45) is -0.222. The SMILES string of the molecule is Oc1ccc(/C=C/C23CCC(O)(CC2)C(F)(F)C3(F)F)c(F)c1F. The standard InChI is InChI=1S/C16H14F6O2/c17-11-9(1-2-10(23)12(11)18)3-4-13-5-7-14(24,8-6-13)16(21,22)15(13,19)20/h1-4,23-24H,5-8H2/b4-3+. The minimum absolute atomic E-state index is 0.398. The molecular formula is C16H14F6O2. The van der Waals surface area contributed by atoms with E-state index in [4.69, 9.17) is 5.11 Å².